The molecule has 0 aromatic heterocycles. The van der Waals surface area contributed by atoms with Crippen molar-refractivity contribution in [2.24, 2.45) is 0 Å². The fourth-order valence-corrected chi connectivity index (χ4v) is 4.60. The molecule has 31 heavy (non-hydrogen) atoms. The zero-order valence-corrected chi connectivity index (χ0v) is 17.3. The van der Waals surface area contributed by atoms with E-state index in [4.69, 9.17) is 4.74 Å². The summed E-state index contributed by atoms with van der Waals surface area (Å²) in [5.74, 6) is -0.108. The number of piperidine rings is 1. The van der Waals surface area contributed by atoms with Crippen LogP contribution >= 0.6 is 0 Å². The molecule has 2 aliphatic heterocycles. The summed E-state index contributed by atoms with van der Waals surface area (Å²) < 4.78 is 46.1. The van der Waals surface area contributed by atoms with Crippen molar-refractivity contribution in [2.45, 2.75) is 50.1 Å². The monoisotopic (exact) mass is 432 g/mol. The normalized spacial score (nSPS) is 21.3. The molecular formula is C24H27F3N2O2. The van der Waals surface area contributed by atoms with Crippen molar-refractivity contribution in [3.05, 3.63) is 71.3 Å². The van der Waals surface area contributed by atoms with Crippen LogP contribution in [0.3, 0.4) is 0 Å². The van der Waals surface area contributed by atoms with Gasteiger partial charge in [-0.25, -0.2) is 0 Å². The number of alkyl halides is 3. The van der Waals surface area contributed by atoms with Gasteiger partial charge in [-0.1, -0.05) is 36.4 Å². The lowest BCUT2D eigenvalue weighted by molar-refractivity contribution is -0.138. The Morgan fingerprint density at radius 3 is 2.42 bits per heavy atom. The first-order valence-electron chi connectivity index (χ1n) is 10.7. The van der Waals surface area contributed by atoms with Crippen molar-refractivity contribution < 1.29 is 22.7 Å². The van der Waals surface area contributed by atoms with Crippen LogP contribution in [0.4, 0.5) is 13.2 Å². The number of likely N-dealkylation sites (tertiary alicyclic amines) is 1. The highest BCUT2D eigenvalue weighted by molar-refractivity contribution is 5.94. The molecular weight excluding hydrogens is 405 g/mol. The Balaban J connectivity index is 1.27. The van der Waals surface area contributed by atoms with Crippen LogP contribution in [0.15, 0.2) is 54.6 Å². The van der Waals surface area contributed by atoms with Crippen LogP contribution in [-0.2, 0) is 17.5 Å². The summed E-state index contributed by atoms with van der Waals surface area (Å²) in [7, 11) is 0. The lowest BCUT2D eigenvalue weighted by Gasteiger charge is -2.39. The number of carbonyl (C=O) groups excluding carboxylic acids is 1. The number of hydrogen-bond acceptors (Lipinski definition) is 3. The Labute approximate surface area is 180 Å². The molecule has 2 aromatic carbocycles. The minimum absolute atomic E-state index is 0.0230. The molecule has 2 heterocycles. The molecule has 0 aliphatic carbocycles. The van der Waals surface area contributed by atoms with Gasteiger partial charge in [0.1, 0.15) is 0 Å². The van der Waals surface area contributed by atoms with Crippen LogP contribution in [0.25, 0.3) is 0 Å². The van der Waals surface area contributed by atoms with E-state index in [0.717, 1.165) is 31.7 Å². The lowest BCUT2D eigenvalue weighted by Crippen LogP contribution is -2.45. The Kier molecular flexibility index (Phi) is 6.34. The average Bonchev–Trinajstić information content (AvgIpc) is 3.17. The summed E-state index contributed by atoms with van der Waals surface area (Å²) in [5.41, 5.74) is 0.173. The van der Waals surface area contributed by atoms with Crippen LogP contribution < -0.4 is 5.32 Å². The van der Waals surface area contributed by atoms with Gasteiger partial charge in [0, 0.05) is 31.7 Å². The van der Waals surface area contributed by atoms with Crippen molar-refractivity contribution in [3.8, 4) is 0 Å². The third-order valence-corrected chi connectivity index (χ3v) is 6.35. The predicted octanol–water partition coefficient (Wildman–Crippen LogP) is 4.65. The smallest absolute Gasteiger partial charge is 0.370 e. The van der Waals surface area contributed by atoms with Gasteiger partial charge in [0.05, 0.1) is 17.3 Å². The molecule has 1 N–H and O–H groups in total. The first kappa shape index (κ1) is 21.8. The van der Waals surface area contributed by atoms with E-state index in [1.165, 1.54) is 6.07 Å². The fourth-order valence-electron chi connectivity index (χ4n) is 4.60. The maximum atomic E-state index is 13.3. The van der Waals surface area contributed by atoms with Gasteiger partial charge in [0.25, 0.3) is 5.91 Å². The van der Waals surface area contributed by atoms with Crippen LogP contribution in [0.2, 0.25) is 0 Å². The topological polar surface area (TPSA) is 41.6 Å². The molecule has 1 atom stereocenters. The highest BCUT2D eigenvalue weighted by Crippen LogP contribution is 2.39. The molecule has 0 bridgehead atoms. The summed E-state index contributed by atoms with van der Waals surface area (Å²) in [4.78, 5) is 14.3. The summed E-state index contributed by atoms with van der Waals surface area (Å²) in [6.07, 6.45) is -0.961. The molecule has 0 unspecified atom stereocenters. The van der Waals surface area contributed by atoms with Crippen molar-refractivity contribution in [2.75, 3.05) is 19.6 Å². The number of hydrogen-bond donors (Lipinski definition) is 1. The fraction of sp³-hybridized carbons (Fsp3) is 0.458. The SMILES string of the molecule is O=C(NC[C@H]1CCC2(CCN(Cc3ccccc3C(F)(F)F)CC2)O1)c1ccccc1. The Hall–Kier alpha value is -2.38. The molecule has 0 saturated carbocycles. The van der Waals surface area contributed by atoms with Gasteiger partial charge in [-0.15, -0.1) is 0 Å². The van der Waals surface area contributed by atoms with Crippen LogP contribution in [0.1, 0.15) is 47.2 Å². The van der Waals surface area contributed by atoms with Crippen molar-refractivity contribution in [1.29, 1.82) is 0 Å². The van der Waals surface area contributed by atoms with Gasteiger partial charge in [0.15, 0.2) is 0 Å². The third-order valence-electron chi connectivity index (χ3n) is 6.35. The van der Waals surface area contributed by atoms with E-state index in [0.29, 0.717) is 37.3 Å². The molecule has 1 amide bonds. The number of nitrogens with zero attached hydrogens (tertiary/aromatic N) is 1. The van der Waals surface area contributed by atoms with E-state index >= 15 is 0 Å². The summed E-state index contributed by atoms with van der Waals surface area (Å²) in [6.45, 7) is 2.17. The highest BCUT2D eigenvalue weighted by atomic mass is 19.4. The molecule has 7 heteroatoms. The predicted molar refractivity (Wildman–Crippen MR) is 112 cm³/mol. The van der Waals surface area contributed by atoms with Crippen LogP contribution in [0.5, 0.6) is 0 Å². The van der Waals surface area contributed by atoms with E-state index in [-0.39, 0.29) is 17.6 Å². The second kappa shape index (κ2) is 9.01. The number of halogens is 3. The highest BCUT2D eigenvalue weighted by Gasteiger charge is 2.42. The zero-order valence-electron chi connectivity index (χ0n) is 17.3. The van der Waals surface area contributed by atoms with Gasteiger partial charge < -0.3 is 10.1 Å². The van der Waals surface area contributed by atoms with Crippen molar-refractivity contribution >= 4 is 5.91 Å². The van der Waals surface area contributed by atoms with Crippen molar-refractivity contribution in [3.63, 3.8) is 0 Å². The number of carbonyl (C=O) groups is 1. The van der Waals surface area contributed by atoms with E-state index in [2.05, 4.69) is 10.2 Å². The quantitative estimate of drug-likeness (QED) is 0.748. The van der Waals surface area contributed by atoms with Gasteiger partial charge in [-0.2, -0.15) is 13.2 Å². The van der Waals surface area contributed by atoms with E-state index in [9.17, 15) is 18.0 Å². The maximum absolute atomic E-state index is 13.3. The van der Waals surface area contributed by atoms with Gasteiger partial charge >= 0.3 is 6.18 Å². The molecule has 2 aliphatic rings. The minimum atomic E-state index is -4.33. The molecule has 4 nitrogen and oxygen atoms in total. The molecule has 1 spiro atoms. The summed E-state index contributed by atoms with van der Waals surface area (Å²) in [6, 6.07) is 14.9. The average molecular weight is 432 g/mol. The minimum Gasteiger partial charge on any atom is -0.370 e. The van der Waals surface area contributed by atoms with E-state index < -0.39 is 11.7 Å². The molecule has 4 rings (SSSR count). The van der Waals surface area contributed by atoms with Gasteiger partial charge in [-0.3, -0.25) is 9.69 Å². The van der Waals surface area contributed by atoms with E-state index in [1.807, 2.05) is 18.2 Å². The number of rotatable bonds is 5. The Morgan fingerprint density at radius 2 is 1.71 bits per heavy atom. The number of amides is 1. The van der Waals surface area contributed by atoms with E-state index in [1.54, 1.807) is 24.3 Å². The van der Waals surface area contributed by atoms with Gasteiger partial charge in [-0.05, 0) is 49.4 Å². The second-order valence-electron chi connectivity index (χ2n) is 8.47. The Morgan fingerprint density at radius 1 is 1.03 bits per heavy atom. The first-order chi connectivity index (χ1) is 14.8. The molecule has 2 fully saturated rings. The van der Waals surface area contributed by atoms with Crippen LogP contribution in [0, 0.1) is 0 Å². The lowest BCUT2D eigenvalue weighted by atomic mass is 9.88. The Bertz CT molecular complexity index is 893. The first-order valence-corrected chi connectivity index (χ1v) is 10.7. The van der Waals surface area contributed by atoms with Crippen LogP contribution in [-0.4, -0.2) is 42.1 Å². The molecule has 2 saturated heterocycles. The standard InChI is InChI=1S/C24H27F3N2O2/c25-24(26,27)21-9-5-4-8-19(21)17-29-14-12-23(13-15-29)11-10-20(31-23)16-28-22(30)18-6-2-1-3-7-18/h1-9,20H,10-17H2,(H,28,30)/t20-/m1/s1. The summed E-state index contributed by atoms with van der Waals surface area (Å²) >= 11 is 0. The third kappa shape index (κ3) is 5.28. The molecule has 166 valence electrons. The summed E-state index contributed by atoms with van der Waals surface area (Å²) in [5, 5.41) is 2.94. The number of ether oxygens (including phenoxy) is 1. The number of nitrogens with one attached hydrogen (secondary N) is 1. The number of benzene rings is 2. The van der Waals surface area contributed by atoms with Gasteiger partial charge in [0.2, 0.25) is 0 Å². The molecule has 2 aromatic rings. The second-order valence-corrected chi connectivity index (χ2v) is 8.47. The molecule has 0 radical (unpaired) electrons. The largest absolute Gasteiger partial charge is 0.416 e. The zero-order chi connectivity index (χ0) is 21.9. The maximum Gasteiger partial charge on any atom is 0.416 e. The van der Waals surface area contributed by atoms with Crippen molar-refractivity contribution in [1.82, 2.24) is 10.2 Å².